The van der Waals surface area contributed by atoms with Crippen molar-refractivity contribution in [1.82, 2.24) is 5.32 Å². The molecule has 1 aliphatic carbocycles. The van der Waals surface area contributed by atoms with Crippen LogP contribution in [0.1, 0.15) is 39.5 Å². The van der Waals surface area contributed by atoms with Crippen LogP contribution in [0.5, 0.6) is 0 Å². The molecule has 0 unspecified atom stereocenters. The molecule has 7 heteroatoms. The van der Waals surface area contributed by atoms with E-state index in [9.17, 15) is 23.1 Å². The summed E-state index contributed by atoms with van der Waals surface area (Å²) in [4.78, 5) is 23.0. The molecular weight excluding hydrogens is 270 g/mol. The molecule has 1 fully saturated rings. The van der Waals surface area contributed by atoms with Gasteiger partial charge in [-0.2, -0.15) is 0 Å². The fourth-order valence-corrected chi connectivity index (χ4v) is 4.05. The van der Waals surface area contributed by atoms with Gasteiger partial charge in [0, 0.05) is 0 Å². The molecule has 0 heterocycles. The number of rotatable bonds is 6. The first-order chi connectivity index (χ1) is 8.67. The van der Waals surface area contributed by atoms with Crippen molar-refractivity contribution in [3.63, 3.8) is 0 Å². The van der Waals surface area contributed by atoms with Crippen LogP contribution in [0.15, 0.2) is 0 Å². The molecule has 0 radical (unpaired) electrons. The Bertz CT molecular complexity index is 449. The van der Waals surface area contributed by atoms with E-state index in [2.05, 4.69) is 5.32 Å². The lowest BCUT2D eigenvalue weighted by atomic mass is 9.98. The van der Waals surface area contributed by atoms with Gasteiger partial charge in [0.2, 0.25) is 5.91 Å². The van der Waals surface area contributed by atoms with E-state index in [1.807, 2.05) is 0 Å². The molecule has 1 saturated carbocycles. The number of carboxylic acid groups (broad SMARTS) is 1. The molecule has 0 aromatic carbocycles. The van der Waals surface area contributed by atoms with Gasteiger partial charge in [0.25, 0.3) is 0 Å². The summed E-state index contributed by atoms with van der Waals surface area (Å²) in [6, 6.07) is 0. The topological polar surface area (TPSA) is 101 Å². The number of carboxylic acids is 1. The predicted octanol–water partition coefficient (Wildman–Crippen LogP) is 0.571. The van der Waals surface area contributed by atoms with Crippen LogP contribution >= 0.6 is 0 Å². The monoisotopic (exact) mass is 291 g/mol. The predicted molar refractivity (Wildman–Crippen MR) is 70.5 cm³/mol. The van der Waals surface area contributed by atoms with Gasteiger partial charge in [-0.15, -0.1) is 0 Å². The summed E-state index contributed by atoms with van der Waals surface area (Å²) < 4.78 is 23.4. The fraction of sp³-hybridized carbons (Fsp3) is 0.833. The number of nitrogens with one attached hydrogen (secondary N) is 1. The van der Waals surface area contributed by atoms with Gasteiger partial charge in [0.05, 0.1) is 5.75 Å². The Morgan fingerprint density at radius 2 is 1.79 bits per heavy atom. The fourth-order valence-electron chi connectivity index (χ4n) is 2.44. The maximum Gasteiger partial charge on any atom is 0.329 e. The van der Waals surface area contributed by atoms with Crippen LogP contribution in [0.2, 0.25) is 0 Å². The van der Waals surface area contributed by atoms with Crippen LogP contribution in [0.4, 0.5) is 0 Å². The maximum atomic E-state index is 11.8. The zero-order chi connectivity index (χ0) is 14.7. The molecule has 0 bridgehead atoms. The Kier molecular flexibility index (Phi) is 4.95. The Hall–Kier alpha value is -1.11. The minimum Gasteiger partial charge on any atom is -0.480 e. The van der Waals surface area contributed by atoms with Crippen molar-refractivity contribution in [1.29, 1.82) is 0 Å². The standard InChI is InChI=1S/C12H21NO5S/c1-9(2)7-19(17,18)8-10(14)13-12(11(15)16)5-3-4-6-12/h9H,3-8H2,1-2H3,(H,13,14)(H,15,16). The molecule has 1 amide bonds. The summed E-state index contributed by atoms with van der Waals surface area (Å²) in [6.45, 7) is 3.51. The van der Waals surface area contributed by atoms with E-state index in [4.69, 9.17) is 0 Å². The van der Waals surface area contributed by atoms with E-state index in [1.54, 1.807) is 13.8 Å². The van der Waals surface area contributed by atoms with Crippen molar-refractivity contribution < 1.29 is 23.1 Å². The SMILES string of the molecule is CC(C)CS(=O)(=O)CC(=O)NC1(C(=O)O)CCCC1. The molecule has 2 N–H and O–H groups in total. The van der Waals surface area contributed by atoms with E-state index in [1.165, 1.54) is 0 Å². The van der Waals surface area contributed by atoms with Crippen LogP contribution in [0.3, 0.4) is 0 Å². The van der Waals surface area contributed by atoms with E-state index in [0.29, 0.717) is 12.8 Å². The Balaban J connectivity index is 2.67. The molecular formula is C12H21NO5S. The van der Waals surface area contributed by atoms with Crippen molar-refractivity contribution in [2.75, 3.05) is 11.5 Å². The van der Waals surface area contributed by atoms with Crippen LogP contribution in [0, 0.1) is 5.92 Å². The zero-order valence-corrected chi connectivity index (χ0v) is 12.1. The van der Waals surface area contributed by atoms with Gasteiger partial charge in [0.1, 0.15) is 11.3 Å². The van der Waals surface area contributed by atoms with Crippen molar-refractivity contribution >= 4 is 21.7 Å². The highest BCUT2D eigenvalue weighted by atomic mass is 32.2. The van der Waals surface area contributed by atoms with Crippen LogP contribution in [-0.2, 0) is 19.4 Å². The first-order valence-electron chi connectivity index (χ1n) is 6.42. The lowest BCUT2D eigenvalue weighted by Gasteiger charge is -2.25. The van der Waals surface area contributed by atoms with E-state index in [0.717, 1.165) is 12.8 Å². The first-order valence-corrected chi connectivity index (χ1v) is 8.24. The summed E-state index contributed by atoms with van der Waals surface area (Å²) in [6.07, 6.45) is 2.17. The highest BCUT2D eigenvalue weighted by molar-refractivity contribution is 7.92. The normalized spacial score (nSPS) is 18.5. The molecule has 0 aromatic rings. The number of carbonyl (C=O) groups is 2. The molecule has 1 aliphatic rings. The van der Waals surface area contributed by atoms with Gasteiger partial charge in [0.15, 0.2) is 9.84 Å². The van der Waals surface area contributed by atoms with Crippen molar-refractivity contribution in [3.8, 4) is 0 Å². The van der Waals surface area contributed by atoms with Gasteiger partial charge in [-0.25, -0.2) is 13.2 Å². The summed E-state index contributed by atoms with van der Waals surface area (Å²) >= 11 is 0. The molecule has 110 valence electrons. The third-order valence-electron chi connectivity index (χ3n) is 3.18. The minimum atomic E-state index is -3.48. The minimum absolute atomic E-state index is 0.0577. The third-order valence-corrected chi connectivity index (χ3v) is 5.06. The smallest absolute Gasteiger partial charge is 0.329 e. The molecule has 0 saturated heterocycles. The second-order valence-corrected chi connectivity index (χ2v) is 7.70. The third kappa shape index (κ3) is 4.49. The van der Waals surface area contributed by atoms with Gasteiger partial charge in [-0.3, -0.25) is 4.79 Å². The summed E-state index contributed by atoms with van der Waals surface area (Å²) in [7, 11) is -3.48. The Labute approximate surface area is 113 Å². The van der Waals surface area contributed by atoms with Gasteiger partial charge in [-0.05, 0) is 18.8 Å². The Morgan fingerprint density at radius 1 is 1.26 bits per heavy atom. The van der Waals surface area contributed by atoms with E-state index >= 15 is 0 Å². The second kappa shape index (κ2) is 5.90. The average molecular weight is 291 g/mol. The van der Waals surface area contributed by atoms with Crippen molar-refractivity contribution in [2.24, 2.45) is 5.92 Å². The highest BCUT2D eigenvalue weighted by Crippen LogP contribution is 2.29. The van der Waals surface area contributed by atoms with Crippen LogP contribution in [0.25, 0.3) is 0 Å². The zero-order valence-electron chi connectivity index (χ0n) is 11.3. The van der Waals surface area contributed by atoms with Crippen LogP contribution < -0.4 is 5.32 Å². The molecule has 6 nitrogen and oxygen atoms in total. The van der Waals surface area contributed by atoms with E-state index in [-0.39, 0.29) is 11.7 Å². The van der Waals surface area contributed by atoms with Crippen molar-refractivity contribution in [3.05, 3.63) is 0 Å². The number of hydrogen-bond acceptors (Lipinski definition) is 4. The van der Waals surface area contributed by atoms with E-state index < -0.39 is 33.0 Å². The van der Waals surface area contributed by atoms with Crippen LogP contribution in [-0.4, -0.2) is 42.4 Å². The van der Waals surface area contributed by atoms with Crippen molar-refractivity contribution in [2.45, 2.75) is 45.1 Å². The largest absolute Gasteiger partial charge is 0.480 e. The number of aliphatic carboxylic acids is 1. The summed E-state index contributed by atoms with van der Waals surface area (Å²) in [5, 5.41) is 11.6. The average Bonchev–Trinajstić information content (AvgIpc) is 2.63. The highest BCUT2D eigenvalue weighted by Gasteiger charge is 2.42. The molecule has 1 rings (SSSR count). The maximum absolute atomic E-state index is 11.8. The molecule has 0 aliphatic heterocycles. The lowest BCUT2D eigenvalue weighted by molar-refractivity contribution is -0.147. The van der Waals surface area contributed by atoms with Gasteiger partial charge < -0.3 is 10.4 Å². The number of amides is 1. The summed E-state index contributed by atoms with van der Waals surface area (Å²) in [5.41, 5.74) is -1.27. The number of sulfone groups is 1. The van der Waals surface area contributed by atoms with Gasteiger partial charge >= 0.3 is 5.97 Å². The lowest BCUT2D eigenvalue weighted by Crippen LogP contribution is -2.54. The molecule has 0 atom stereocenters. The second-order valence-electron chi connectivity index (χ2n) is 5.59. The number of hydrogen-bond donors (Lipinski definition) is 2. The Morgan fingerprint density at radius 3 is 2.21 bits per heavy atom. The number of carbonyl (C=O) groups excluding carboxylic acids is 1. The molecule has 0 spiro atoms. The quantitative estimate of drug-likeness (QED) is 0.745. The van der Waals surface area contributed by atoms with Gasteiger partial charge in [-0.1, -0.05) is 26.7 Å². The summed E-state index contributed by atoms with van der Waals surface area (Å²) in [5.74, 6) is -2.57. The molecule has 19 heavy (non-hydrogen) atoms. The molecule has 0 aromatic heterocycles. The first kappa shape index (κ1) is 15.9.